The van der Waals surface area contributed by atoms with Gasteiger partial charge in [-0.3, -0.25) is 0 Å². The van der Waals surface area contributed by atoms with Crippen LogP contribution in [0.2, 0.25) is 0 Å². The molecule has 0 spiro atoms. The second-order valence-corrected chi connectivity index (χ2v) is 8.18. The molecule has 1 aromatic heterocycles. The second-order valence-electron chi connectivity index (χ2n) is 5.22. The van der Waals surface area contributed by atoms with Gasteiger partial charge in [-0.15, -0.1) is 11.3 Å². The zero-order valence-corrected chi connectivity index (χ0v) is 14.0. The Balaban J connectivity index is 2.13. The van der Waals surface area contributed by atoms with Gasteiger partial charge in [0.1, 0.15) is 0 Å². The highest BCUT2D eigenvalue weighted by atomic mass is 32.2. The predicted molar refractivity (Wildman–Crippen MR) is 91.9 cm³/mol. The molecule has 0 aliphatic carbocycles. The Morgan fingerprint density at radius 3 is 2.36 bits per heavy atom. The highest BCUT2D eigenvalue weighted by Gasteiger charge is 2.11. The van der Waals surface area contributed by atoms with Crippen LogP contribution in [0.3, 0.4) is 0 Å². The number of thiophene rings is 1. The van der Waals surface area contributed by atoms with Crippen LogP contribution in [0, 0.1) is 13.0 Å². The molecule has 22 heavy (non-hydrogen) atoms. The standard InChI is InChI=1S/C18H15O2S2/c1-13-5-10-16(17(12-13)18-4-3-11-21-18)14-6-8-15(9-7-14)22(2,19)20/h3-4,6-12H,1-2H3. The lowest BCUT2D eigenvalue weighted by Crippen LogP contribution is -1.96. The van der Waals surface area contributed by atoms with Gasteiger partial charge >= 0.3 is 0 Å². The third-order valence-corrected chi connectivity index (χ3v) is 5.51. The van der Waals surface area contributed by atoms with Gasteiger partial charge in [0.2, 0.25) is 0 Å². The molecule has 0 fully saturated rings. The molecule has 3 aromatic rings. The van der Waals surface area contributed by atoms with E-state index in [1.807, 2.05) is 31.2 Å². The fourth-order valence-corrected chi connectivity index (χ4v) is 3.74. The molecule has 2 aromatic carbocycles. The second kappa shape index (κ2) is 5.71. The van der Waals surface area contributed by atoms with E-state index in [0.29, 0.717) is 4.90 Å². The normalized spacial score (nSPS) is 11.5. The molecule has 0 saturated heterocycles. The summed E-state index contributed by atoms with van der Waals surface area (Å²) in [6.45, 7) is 2.02. The van der Waals surface area contributed by atoms with Crippen molar-refractivity contribution in [2.45, 2.75) is 11.8 Å². The van der Waals surface area contributed by atoms with Crippen molar-refractivity contribution in [2.24, 2.45) is 0 Å². The quantitative estimate of drug-likeness (QED) is 0.705. The van der Waals surface area contributed by atoms with Crippen LogP contribution in [0.25, 0.3) is 21.6 Å². The van der Waals surface area contributed by atoms with E-state index in [4.69, 9.17) is 0 Å². The first-order chi connectivity index (χ1) is 10.4. The van der Waals surface area contributed by atoms with Crippen molar-refractivity contribution in [1.82, 2.24) is 0 Å². The van der Waals surface area contributed by atoms with Crippen LogP contribution in [0.4, 0.5) is 0 Å². The lowest BCUT2D eigenvalue weighted by atomic mass is 9.97. The lowest BCUT2D eigenvalue weighted by Gasteiger charge is -2.10. The van der Waals surface area contributed by atoms with Gasteiger partial charge in [0, 0.05) is 11.1 Å². The molecule has 0 bridgehead atoms. The minimum atomic E-state index is -3.17. The minimum Gasteiger partial charge on any atom is -0.224 e. The number of sulfone groups is 1. The third-order valence-electron chi connectivity index (χ3n) is 3.48. The number of rotatable bonds is 3. The fraction of sp³-hybridized carbons (Fsp3) is 0.111. The maximum atomic E-state index is 11.6. The predicted octanol–water partition coefficient (Wildman–Crippen LogP) is 4.59. The van der Waals surface area contributed by atoms with Crippen LogP contribution in [0.15, 0.2) is 58.8 Å². The SMILES string of the molecule is Cc1[c]cc(-c2ccc(S(C)(=O)=O)cc2)c(-c2cccs2)c1. The van der Waals surface area contributed by atoms with Gasteiger partial charge in [-0.2, -0.15) is 0 Å². The molecular weight excluding hydrogens is 312 g/mol. The Morgan fingerprint density at radius 2 is 1.77 bits per heavy atom. The molecular formula is C18H15O2S2. The fourth-order valence-electron chi connectivity index (χ4n) is 2.36. The summed E-state index contributed by atoms with van der Waals surface area (Å²) in [6.07, 6.45) is 1.22. The van der Waals surface area contributed by atoms with Gasteiger partial charge in [0.05, 0.1) is 4.90 Å². The van der Waals surface area contributed by atoms with Crippen molar-refractivity contribution in [2.75, 3.05) is 6.26 Å². The molecule has 0 atom stereocenters. The van der Waals surface area contributed by atoms with E-state index in [2.05, 4.69) is 23.6 Å². The van der Waals surface area contributed by atoms with E-state index in [-0.39, 0.29) is 0 Å². The first kappa shape index (κ1) is 15.0. The summed E-state index contributed by atoms with van der Waals surface area (Å²) in [5.41, 5.74) is 4.29. The molecule has 1 radical (unpaired) electrons. The van der Waals surface area contributed by atoms with Gasteiger partial charge in [-0.25, -0.2) is 8.42 Å². The van der Waals surface area contributed by atoms with Crippen molar-refractivity contribution in [3.63, 3.8) is 0 Å². The molecule has 3 rings (SSSR count). The number of aryl methyl sites for hydroxylation is 1. The summed E-state index contributed by atoms with van der Waals surface area (Å²) < 4.78 is 23.1. The molecule has 2 nitrogen and oxygen atoms in total. The van der Waals surface area contributed by atoms with E-state index in [1.165, 1.54) is 11.1 Å². The van der Waals surface area contributed by atoms with E-state index in [1.54, 1.807) is 23.5 Å². The molecule has 1 heterocycles. The summed E-state index contributed by atoms with van der Waals surface area (Å²) in [5, 5.41) is 2.05. The zero-order valence-electron chi connectivity index (χ0n) is 12.3. The van der Waals surface area contributed by atoms with Crippen LogP contribution in [0.5, 0.6) is 0 Å². The highest BCUT2D eigenvalue weighted by Crippen LogP contribution is 2.35. The van der Waals surface area contributed by atoms with Gasteiger partial charge in [0.15, 0.2) is 9.84 Å². The summed E-state index contributed by atoms with van der Waals surface area (Å²) in [4.78, 5) is 1.53. The number of hydrogen-bond acceptors (Lipinski definition) is 3. The topological polar surface area (TPSA) is 34.1 Å². The van der Waals surface area contributed by atoms with Gasteiger partial charge in [-0.1, -0.05) is 18.2 Å². The Morgan fingerprint density at radius 1 is 1.05 bits per heavy atom. The van der Waals surface area contributed by atoms with E-state index >= 15 is 0 Å². The zero-order chi connectivity index (χ0) is 15.7. The highest BCUT2D eigenvalue weighted by molar-refractivity contribution is 7.90. The average molecular weight is 327 g/mol. The van der Waals surface area contributed by atoms with Crippen molar-refractivity contribution < 1.29 is 8.42 Å². The summed E-state index contributed by atoms with van der Waals surface area (Å²) >= 11 is 1.69. The Hall–Kier alpha value is -1.91. The smallest absolute Gasteiger partial charge is 0.175 e. The van der Waals surface area contributed by atoms with Crippen molar-refractivity contribution in [1.29, 1.82) is 0 Å². The molecule has 0 N–H and O–H groups in total. The van der Waals surface area contributed by atoms with Crippen molar-refractivity contribution in [3.05, 3.63) is 65.5 Å². The molecule has 0 amide bonds. The lowest BCUT2D eigenvalue weighted by molar-refractivity contribution is 0.602. The Labute approximate surface area is 135 Å². The Bertz CT molecular complexity index is 891. The van der Waals surface area contributed by atoms with Crippen LogP contribution < -0.4 is 0 Å². The first-order valence-electron chi connectivity index (χ1n) is 6.82. The molecule has 111 valence electrons. The first-order valence-corrected chi connectivity index (χ1v) is 9.59. The monoisotopic (exact) mass is 327 g/mol. The molecule has 0 saturated carbocycles. The van der Waals surface area contributed by atoms with Crippen LogP contribution in [0.1, 0.15) is 5.56 Å². The van der Waals surface area contributed by atoms with E-state index in [9.17, 15) is 8.42 Å². The van der Waals surface area contributed by atoms with E-state index in [0.717, 1.165) is 22.3 Å². The number of benzene rings is 2. The third kappa shape index (κ3) is 2.98. The maximum Gasteiger partial charge on any atom is 0.175 e. The summed E-state index contributed by atoms with van der Waals surface area (Å²) in [6, 6.07) is 18.5. The van der Waals surface area contributed by atoms with Crippen molar-refractivity contribution >= 4 is 21.2 Å². The molecule has 0 aliphatic rings. The van der Waals surface area contributed by atoms with Crippen LogP contribution >= 0.6 is 11.3 Å². The number of hydrogen-bond donors (Lipinski definition) is 0. The molecule has 4 heteroatoms. The van der Waals surface area contributed by atoms with Gasteiger partial charge in [0.25, 0.3) is 0 Å². The summed E-state index contributed by atoms with van der Waals surface area (Å²) in [7, 11) is -3.17. The van der Waals surface area contributed by atoms with Crippen LogP contribution in [-0.4, -0.2) is 14.7 Å². The largest absolute Gasteiger partial charge is 0.224 e. The van der Waals surface area contributed by atoms with Crippen molar-refractivity contribution in [3.8, 4) is 21.6 Å². The van der Waals surface area contributed by atoms with Gasteiger partial charge in [-0.05, 0) is 71.0 Å². The minimum absolute atomic E-state index is 0.338. The average Bonchev–Trinajstić information content (AvgIpc) is 3.00. The maximum absolute atomic E-state index is 11.6. The molecule has 0 unspecified atom stereocenters. The molecule has 0 aliphatic heterocycles. The van der Waals surface area contributed by atoms with Crippen LogP contribution in [-0.2, 0) is 9.84 Å². The van der Waals surface area contributed by atoms with E-state index < -0.39 is 9.84 Å². The summed E-state index contributed by atoms with van der Waals surface area (Å²) in [5.74, 6) is 0. The Kier molecular flexibility index (Phi) is 3.89. The van der Waals surface area contributed by atoms with Gasteiger partial charge < -0.3 is 0 Å².